The maximum Gasteiger partial charge on any atom is 0.356 e. The van der Waals surface area contributed by atoms with Crippen molar-refractivity contribution in [3.63, 3.8) is 0 Å². The number of hydrogen-bond donors (Lipinski definition) is 1. The van der Waals surface area contributed by atoms with Crippen LogP contribution in [0.3, 0.4) is 0 Å². The van der Waals surface area contributed by atoms with E-state index in [0.717, 1.165) is 5.39 Å². The maximum atomic E-state index is 11.5. The highest BCUT2D eigenvalue weighted by atomic mass is 35.5. The Balaban J connectivity index is 2.46. The lowest BCUT2D eigenvalue weighted by atomic mass is 10.2. The van der Waals surface area contributed by atoms with Crippen LogP contribution in [0.25, 0.3) is 10.9 Å². The Labute approximate surface area is 114 Å². The van der Waals surface area contributed by atoms with Gasteiger partial charge in [0.15, 0.2) is 0 Å². The molecule has 0 spiro atoms. The third-order valence-electron chi connectivity index (χ3n) is 2.52. The fraction of sp³-hybridized carbons (Fsp3) is 0.250. The van der Waals surface area contributed by atoms with Crippen LogP contribution in [0.1, 0.15) is 13.2 Å². The number of ether oxygens (including phenoxy) is 1. The fourth-order valence-corrected chi connectivity index (χ4v) is 2.02. The van der Waals surface area contributed by atoms with Crippen molar-refractivity contribution >= 4 is 40.1 Å². The van der Waals surface area contributed by atoms with Gasteiger partial charge in [-0.2, -0.15) is 0 Å². The number of nitrogens with zero attached hydrogens (tertiary/aromatic N) is 1. The van der Waals surface area contributed by atoms with Crippen LogP contribution in [0.15, 0.2) is 24.4 Å². The lowest BCUT2D eigenvalue weighted by Gasteiger charge is -2.12. The summed E-state index contributed by atoms with van der Waals surface area (Å²) in [6.45, 7) is 1.89. The maximum absolute atomic E-state index is 11.5. The van der Waals surface area contributed by atoms with Gasteiger partial charge in [0, 0.05) is 11.6 Å². The van der Waals surface area contributed by atoms with Gasteiger partial charge in [-0.25, -0.2) is 4.79 Å². The Kier molecular flexibility index (Phi) is 3.80. The first-order valence-electron chi connectivity index (χ1n) is 5.35. The molecule has 96 valence electrons. The number of aliphatic hydroxyl groups excluding tert-OH is 1. The molecule has 1 aromatic heterocycles. The van der Waals surface area contributed by atoms with Crippen LogP contribution < -0.4 is 0 Å². The van der Waals surface area contributed by atoms with Crippen LogP contribution in [0.5, 0.6) is 0 Å². The summed E-state index contributed by atoms with van der Waals surface area (Å²) in [5, 5.41) is 11.4. The number of esters is 1. The van der Waals surface area contributed by atoms with Crippen LogP contribution in [0, 0.1) is 0 Å². The zero-order chi connectivity index (χ0) is 13.3. The van der Waals surface area contributed by atoms with E-state index < -0.39 is 12.2 Å². The lowest BCUT2D eigenvalue weighted by molar-refractivity contribution is -0.157. The molecule has 1 unspecified atom stereocenters. The number of aliphatic hydroxyl groups is 1. The van der Waals surface area contributed by atoms with Gasteiger partial charge < -0.3 is 14.4 Å². The second kappa shape index (κ2) is 5.18. The summed E-state index contributed by atoms with van der Waals surface area (Å²) in [4.78, 5) is 11.5. The number of rotatable bonds is 3. The van der Waals surface area contributed by atoms with Gasteiger partial charge in [0.05, 0.1) is 22.2 Å². The topological polar surface area (TPSA) is 51.5 Å². The first-order chi connectivity index (χ1) is 8.54. The van der Waals surface area contributed by atoms with E-state index in [1.54, 1.807) is 31.3 Å². The van der Waals surface area contributed by atoms with E-state index in [2.05, 4.69) is 0 Å². The Morgan fingerprint density at radius 1 is 1.44 bits per heavy atom. The average molecular weight is 288 g/mol. The molecule has 6 heteroatoms. The van der Waals surface area contributed by atoms with Crippen molar-refractivity contribution in [2.45, 2.75) is 13.2 Å². The van der Waals surface area contributed by atoms with Gasteiger partial charge in [0.2, 0.25) is 6.23 Å². The molecule has 0 amide bonds. The zero-order valence-electron chi connectivity index (χ0n) is 9.56. The number of carbonyl (C=O) groups excluding carboxylic acids is 1. The molecule has 0 aliphatic heterocycles. The minimum atomic E-state index is -1.39. The second-order valence-corrected chi connectivity index (χ2v) is 4.49. The third kappa shape index (κ3) is 2.32. The molecule has 0 bridgehead atoms. The molecule has 0 radical (unpaired) electrons. The number of hydrogen-bond acceptors (Lipinski definition) is 3. The van der Waals surface area contributed by atoms with E-state index in [0.29, 0.717) is 15.6 Å². The quantitative estimate of drug-likeness (QED) is 0.883. The van der Waals surface area contributed by atoms with Gasteiger partial charge >= 0.3 is 5.97 Å². The van der Waals surface area contributed by atoms with E-state index in [9.17, 15) is 9.90 Å². The molecule has 4 nitrogen and oxygen atoms in total. The van der Waals surface area contributed by atoms with Crippen LogP contribution in [-0.2, 0) is 9.53 Å². The summed E-state index contributed by atoms with van der Waals surface area (Å²) in [5.41, 5.74) is 0.616. The van der Waals surface area contributed by atoms with E-state index in [4.69, 9.17) is 27.9 Å². The number of aromatic nitrogens is 1. The van der Waals surface area contributed by atoms with Crippen molar-refractivity contribution in [3.05, 3.63) is 34.4 Å². The molecule has 2 aromatic rings. The summed E-state index contributed by atoms with van der Waals surface area (Å²) < 4.78 is 6.15. The third-order valence-corrected chi connectivity index (χ3v) is 3.25. The van der Waals surface area contributed by atoms with Crippen molar-refractivity contribution in [3.8, 4) is 0 Å². The van der Waals surface area contributed by atoms with Crippen LogP contribution >= 0.6 is 23.2 Å². The Bertz CT molecular complexity index is 594. The largest absolute Gasteiger partial charge is 0.463 e. The van der Waals surface area contributed by atoms with Crippen molar-refractivity contribution in [2.75, 3.05) is 6.61 Å². The van der Waals surface area contributed by atoms with Crippen LogP contribution in [-0.4, -0.2) is 22.2 Å². The summed E-state index contributed by atoms with van der Waals surface area (Å²) in [5.74, 6) is -0.707. The summed E-state index contributed by atoms with van der Waals surface area (Å²) >= 11 is 11.8. The molecule has 18 heavy (non-hydrogen) atoms. The SMILES string of the molecule is CCOC(=O)C(O)n1ccc2cc(Cl)c(Cl)cc21. The molecular weight excluding hydrogens is 277 g/mol. The highest BCUT2D eigenvalue weighted by Crippen LogP contribution is 2.29. The van der Waals surface area contributed by atoms with Crippen molar-refractivity contribution in [1.29, 1.82) is 0 Å². The normalized spacial score (nSPS) is 12.7. The molecule has 0 saturated heterocycles. The van der Waals surface area contributed by atoms with Gasteiger partial charge in [0.25, 0.3) is 0 Å². The van der Waals surface area contributed by atoms with Gasteiger partial charge in [-0.15, -0.1) is 0 Å². The first kappa shape index (κ1) is 13.2. The number of fused-ring (bicyclic) bond motifs is 1. The standard InChI is InChI=1S/C12H11Cl2NO3/c1-2-18-12(17)11(16)15-4-3-7-5-8(13)9(14)6-10(7)15/h3-6,11,16H,2H2,1H3. The summed E-state index contributed by atoms with van der Waals surface area (Å²) in [6.07, 6.45) is 0.193. The Morgan fingerprint density at radius 2 is 2.11 bits per heavy atom. The first-order valence-corrected chi connectivity index (χ1v) is 6.10. The number of carbonyl (C=O) groups is 1. The Morgan fingerprint density at radius 3 is 2.78 bits per heavy atom. The molecule has 0 aliphatic carbocycles. The minimum absolute atomic E-state index is 0.210. The predicted molar refractivity (Wildman–Crippen MR) is 69.8 cm³/mol. The molecule has 2 rings (SSSR count). The van der Waals surface area contributed by atoms with Crippen molar-refractivity contribution < 1.29 is 14.6 Å². The molecule has 0 aliphatic rings. The Hall–Kier alpha value is -1.23. The van der Waals surface area contributed by atoms with E-state index in [1.807, 2.05) is 0 Å². The fourth-order valence-electron chi connectivity index (χ4n) is 1.69. The minimum Gasteiger partial charge on any atom is -0.463 e. The second-order valence-electron chi connectivity index (χ2n) is 3.67. The van der Waals surface area contributed by atoms with Crippen molar-refractivity contribution in [1.82, 2.24) is 4.57 Å². The average Bonchev–Trinajstić information content (AvgIpc) is 2.72. The van der Waals surface area contributed by atoms with Gasteiger partial charge in [0.1, 0.15) is 0 Å². The highest BCUT2D eigenvalue weighted by Gasteiger charge is 2.20. The summed E-state index contributed by atoms with van der Waals surface area (Å²) in [6, 6.07) is 5.01. The van der Waals surface area contributed by atoms with Crippen LogP contribution in [0.4, 0.5) is 0 Å². The molecule has 1 aromatic carbocycles. The molecule has 1 N–H and O–H groups in total. The van der Waals surface area contributed by atoms with Gasteiger partial charge in [-0.3, -0.25) is 0 Å². The molecule has 1 heterocycles. The van der Waals surface area contributed by atoms with Gasteiger partial charge in [-0.1, -0.05) is 23.2 Å². The molecular formula is C12H11Cl2NO3. The van der Waals surface area contributed by atoms with E-state index in [-0.39, 0.29) is 6.61 Å². The van der Waals surface area contributed by atoms with Crippen LogP contribution in [0.2, 0.25) is 10.0 Å². The number of benzene rings is 1. The highest BCUT2D eigenvalue weighted by molar-refractivity contribution is 6.42. The molecule has 0 saturated carbocycles. The van der Waals surface area contributed by atoms with E-state index in [1.165, 1.54) is 4.57 Å². The summed E-state index contributed by atoms with van der Waals surface area (Å²) in [7, 11) is 0. The van der Waals surface area contributed by atoms with Crippen molar-refractivity contribution in [2.24, 2.45) is 0 Å². The molecule has 1 atom stereocenters. The van der Waals surface area contributed by atoms with E-state index >= 15 is 0 Å². The smallest absolute Gasteiger partial charge is 0.356 e. The number of halogens is 2. The van der Waals surface area contributed by atoms with Gasteiger partial charge in [-0.05, 0) is 25.1 Å². The lowest BCUT2D eigenvalue weighted by Crippen LogP contribution is -2.20. The monoisotopic (exact) mass is 287 g/mol. The zero-order valence-corrected chi connectivity index (χ0v) is 11.1. The predicted octanol–water partition coefficient (Wildman–Crippen LogP) is 3.00. The molecule has 0 fully saturated rings.